The summed E-state index contributed by atoms with van der Waals surface area (Å²) in [6, 6.07) is 22.2. The molecule has 5 N–H and O–H groups in total. The van der Waals surface area contributed by atoms with E-state index in [1.807, 2.05) is 44.2 Å². The van der Waals surface area contributed by atoms with E-state index < -0.39 is 49.5 Å². The molecule has 5 rings (SSSR count). The Morgan fingerprint density at radius 2 is 1.60 bits per heavy atom. The molecular formula is C36H37N4O8PS. The third-order valence-corrected chi connectivity index (χ3v) is 10.7. The Labute approximate surface area is 293 Å². The number of aliphatic carboxylic acids is 1. The molecule has 0 saturated heterocycles. The van der Waals surface area contributed by atoms with Crippen molar-refractivity contribution >= 4 is 65.8 Å². The van der Waals surface area contributed by atoms with Gasteiger partial charge in [-0.15, -0.1) is 11.8 Å². The van der Waals surface area contributed by atoms with Crippen molar-refractivity contribution in [1.29, 1.82) is 0 Å². The lowest BCUT2D eigenvalue weighted by Gasteiger charge is -2.32. The summed E-state index contributed by atoms with van der Waals surface area (Å²) in [5.74, 6) is -5.03. The molecule has 3 aromatic carbocycles. The Kier molecular flexibility index (Phi) is 11.4. The number of hydrogen-bond donors (Lipinski definition) is 5. The summed E-state index contributed by atoms with van der Waals surface area (Å²) in [5.41, 5.74) is 4.82. The minimum atomic E-state index is -1.92. The van der Waals surface area contributed by atoms with E-state index in [9.17, 15) is 34.0 Å². The molecule has 0 aliphatic carbocycles. The normalized spacial score (nSPS) is 14.1. The van der Waals surface area contributed by atoms with Crippen LogP contribution in [-0.4, -0.2) is 65.9 Å². The zero-order valence-corrected chi connectivity index (χ0v) is 29.2. The van der Waals surface area contributed by atoms with Gasteiger partial charge in [-0.3, -0.25) is 19.7 Å². The Hall–Kier alpha value is -4.97. The van der Waals surface area contributed by atoms with Crippen LogP contribution in [0, 0.1) is 11.8 Å². The second-order valence-electron chi connectivity index (χ2n) is 12.4. The van der Waals surface area contributed by atoms with E-state index in [0.717, 1.165) is 10.9 Å². The van der Waals surface area contributed by atoms with Gasteiger partial charge in [0.1, 0.15) is 11.4 Å². The van der Waals surface area contributed by atoms with Gasteiger partial charge in [-0.2, -0.15) is 0 Å². The number of aromatic carboxylic acids is 1. The standard InChI is InChI=1S/C36H37N4O8PS/c1-21(2)17-27(36(47,49-48)20-50-31-16-15-22-7-3-5-9-28(22)37-31)33(42)38-29(35(45)46)18-25-19-40(30-10-6-4-8-26(25)30)39-32(41)23-11-13-24(14-12-23)34(43)44/h3-16,19,21,27,29,47H,17-18,20,49H2,1-2H3,(H,38,42)(H,39,41)(H,43,44)(H,45,46)/t27?,29-,36?/m0/s1. The molecule has 0 saturated carbocycles. The number of nitrogens with zero attached hydrogens (tertiary/aromatic N) is 2. The molecule has 3 unspecified atom stereocenters. The average molecular weight is 717 g/mol. The van der Waals surface area contributed by atoms with Gasteiger partial charge in [-0.05, 0) is 60.4 Å². The largest absolute Gasteiger partial charge is 0.480 e. The Bertz CT molecular complexity index is 2070. The Morgan fingerprint density at radius 3 is 2.28 bits per heavy atom. The molecular weight excluding hydrogens is 679 g/mol. The van der Waals surface area contributed by atoms with Crippen LogP contribution >= 0.6 is 20.2 Å². The van der Waals surface area contributed by atoms with Crippen molar-refractivity contribution < 1.29 is 39.1 Å². The highest BCUT2D eigenvalue weighted by Gasteiger charge is 2.42. The van der Waals surface area contributed by atoms with Crippen LogP contribution in [0.25, 0.3) is 21.8 Å². The molecule has 50 heavy (non-hydrogen) atoms. The molecule has 260 valence electrons. The topological polar surface area (TPSA) is 188 Å². The number of aliphatic hydroxyl groups is 1. The van der Waals surface area contributed by atoms with Gasteiger partial charge in [0, 0.05) is 34.7 Å². The first-order valence-electron chi connectivity index (χ1n) is 15.8. The molecule has 4 atom stereocenters. The van der Waals surface area contributed by atoms with Crippen LogP contribution in [0.1, 0.15) is 46.5 Å². The number of carbonyl (C=O) groups excluding carboxylic acids is 2. The molecule has 14 heteroatoms. The summed E-state index contributed by atoms with van der Waals surface area (Å²) in [5, 5.41) is 33.9. The number of hydrogen-bond acceptors (Lipinski definition) is 8. The van der Waals surface area contributed by atoms with E-state index in [1.165, 1.54) is 40.7 Å². The van der Waals surface area contributed by atoms with Gasteiger partial charge in [0.15, 0.2) is 0 Å². The molecule has 0 fully saturated rings. The van der Waals surface area contributed by atoms with Crippen molar-refractivity contribution in [2.45, 2.75) is 43.1 Å². The lowest BCUT2D eigenvalue weighted by Crippen LogP contribution is -2.51. The van der Waals surface area contributed by atoms with E-state index in [-0.39, 0.29) is 35.6 Å². The number of nitrogens with one attached hydrogen (secondary N) is 2. The third-order valence-electron chi connectivity index (χ3n) is 8.30. The number of aromatic nitrogens is 2. The fourth-order valence-corrected chi connectivity index (χ4v) is 7.56. The molecule has 0 bridgehead atoms. The van der Waals surface area contributed by atoms with Crippen molar-refractivity contribution in [3.63, 3.8) is 0 Å². The van der Waals surface area contributed by atoms with E-state index in [1.54, 1.807) is 36.5 Å². The van der Waals surface area contributed by atoms with Gasteiger partial charge in [-0.25, -0.2) is 14.6 Å². The predicted octanol–water partition coefficient (Wildman–Crippen LogP) is 5.28. The van der Waals surface area contributed by atoms with Crippen molar-refractivity contribution in [3.8, 4) is 0 Å². The molecule has 12 nitrogen and oxygen atoms in total. The molecule has 2 heterocycles. The van der Waals surface area contributed by atoms with E-state index in [2.05, 4.69) is 15.7 Å². The highest BCUT2D eigenvalue weighted by Crippen LogP contribution is 2.38. The van der Waals surface area contributed by atoms with Gasteiger partial charge < -0.3 is 25.2 Å². The smallest absolute Gasteiger partial charge is 0.335 e. The third kappa shape index (κ3) is 8.42. The van der Waals surface area contributed by atoms with Gasteiger partial charge in [0.2, 0.25) is 5.91 Å². The molecule has 0 aliphatic heterocycles. The summed E-state index contributed by atoms with van der Waals surface area (Å²) in [6.07, 6.45) is 1.56. The number of para-hydroxylation sites is 2. The SMILES string of the molecule is CC(C)CC(C(=O)N[C@@H](Cc1cn(NC(=O)c2ccc(C(=O)O)cc2)c2ccccc12)C(=O)O)C(O)(CSc1ccc2ccccc2n1)[PH2]=O. The van der Waals surface area contributed by atoms with Crippen molar-refractivity contribution in [3.05, 3.63) is 108 Å². The number of carboxylic acid groups (broad SMARTS) is 2. The number of fused-ring (bicyclic) bond motifs is 2. The molecule has 0 spiro atoms. The monoisotopic (exact) mass is 716 g/mol. The van der Waals surface area contributed by atoms with Crippen LogP contribution in [0.4, 0.5) is 0 Å². The average Bonchev–Trinajstić information content (AvgIpc) is 3.45. The number of pyridine rings is 1. The van der Waals surface area contributed by atoms with Gasteiger partial charge >= 0.3 is 11.9 Å². The van der Waals surface area contributed by atoms with Crippen LogP contribution in [0.15, 0.2) is 96.2 Å². The summed E-state index contributed by atoms with van der Waals surface area (Å²) in [4.78, 5) is 55.2. The maximum absolute atomic E-state index is 13.8. The summed E-state index contributed by atoms with van der Waals surface area (Å²) in [6.45, 7) is 3.72. The second kappa shape index (κ2) is 15.7. The van der Waals surface area contributed by atoms with Crippen LogP contribution < -0.4 is 10.7 Å². The summed E-state index contributed by atoms with van der Waals surface area (Å²) in [7, 11) is -1.87. The fraction of sp³-hybridized carbons (Fsp3) is 0.250. The maximum Gasteiger partial charge on any atom is 0.335 e. The molecule has 0 aliphatic rings. The van der Waals surface area contributed by atoms with Crippen molar-refractivity contribution in [2.24, 2.45) is 11.8 Å². The zero-order chi connectivity index (χ0) is 36.0. The molecule has 0 radical (unpaired) electrons. The number of carboxylic acids is 2. The first-order chi connectivity index (χ1) is 23.9. The molecule has 2 aromatic heterocycles. The number of benzene rings is 3. The first kappa shape index (κ1) is 36.3. The lowest BCUT2D eigenvalue weighted by molar-refractivity contribution is -0.143. The summed E-state index contributed by atoms with van der Waals surface area (Å²) >= 11 is 1.18. The Morgan fingerprint density at radius 1 is 0.920 bits per heavy atom. The first-order valence-corrected chi connectivity index (χ1v) is 17.9. The molecule has 5 aromatic rings. The minimum Gasteiger partial charge on any atom is -0.480 e. The van der Waals surface area contributed by atoms with E-state index in [0.29, 0.717) is 21.5 Å². The highest BCUT2D eigenvalue weighted by atomic mass is 32.2. The number of carbonyl (C=O) groups is 4. The summed E-state index contributed by atoms with van der Waals surface area (Å²) < 4.78 is 14.1. The number of rotatable bonds is 15. The van der Waals surface area contributed by atoms with E-state index >= 15 is 0 Å². The second-order valence-corrected chi connectivity index (χ2v) is 14.6. The van der Waals surface area contributed by atoms with Crippen LogP contribution in [-0.2, 0) is 20.6 Å². The quantitative estimate of drug-likeness (QED) is 0.0704. The maximum atomic E-state index is 13.8. The molecule has 2 amide bonds. The number of thioether (sulfide) groups is 1. The Balaban J connectivity index is 1.35. The predicted molar refractivity (Wildman–Crippen MR) is 193 cm³/mol. The van der Waals surface area contributed by atoms with Crippen molar-refractivity contribution in [2.75, 3.05) is 11.2 Å². The van der Waals surface area contributed by atoms with Crippen LogP contribution in [0.5, 0.6) is 0 Å². The fourth-order valence-electron chi connectivity index (χ4n) is 5.68. The highest BCUT2D eigenvalue weighted by molar-refractivity contribution is 7.99. The van der Waals surface area contributed by atoms with Gasteiger partial charge in [0.25, 0.3) is 5.91 Å². The van der Waals surface area contributed by atoms with Crippen LogP contribution in [0.2, 0.25) is 0 Å². The lowest BCUT2D eigenvalue weighted by atomic mass is 9.90. The van der Waals surface area contributed by atoms with Crippen LogP contribution in [0.3, 0.4) is 0 Å². The van der Waals surface area contributed by atoms with E-state index in [4.69, 9.17) is 5.11 Å². The minimum absolute atomic E-state index is 0.0310. The van der Waals surface area contributed by atoms with Gasteiger partial charge in [-0.1, -0.05) is 56.3 Å². The van der Waals surface area contributed by atoms with Crippen molar-refractivity contribution in [1.82, 2.24) is 15.0 Å². The zero-order valence-electron chi connectivity index (χ0n) is 27.3. The number of amides is 2. The van der Waals surface area contributed by atoms with Gasteiger partial charge in [0.05, 0.1) is 36.0 Å².